The van der Waals surface area contributed by atoms with Gasteiger partial charge in [-0.2, -0.15) is 0 Å². The van der Waals surface area contributed by atoms with E-state index in [4.69, 9.17) is 4.43 Å². The molecule has 0 heterocycles. The summed E-state index contributed by atoms with van der Waals surface area (Å²) >= 11 is 0. The molecular formula is C30H60O2Si. The first-order valence-electron chi connectivity index (χ1n) is 15.0. The Balaban J connectivity index is 4.72. The minimum Gasteiger partial charge on any atom is -0.516 e. The Hall–Kier alpha value is -0.573. The van der Waals surface area contributed by atoms with Crippen LogP contribution in [-0.2, 0) is 9.22 Å². The number of hydrogen-bond acceptors (Lipinski definition) is 2. The van der Waals surface area contributed by atoms with Crippen LogP contribution in [0.25, 0.3) is 0 Å². The number of hydrogen-bond donors (Lipinski definition) is 0. The van der Waals surface area contributed by atoms with Crippen molar-refractivity contribution < 1.29 is 9.22 Å². The lowest BCUT2D eigenvalue weighted by Gasteiger charge is -2.31. The second-order valence-corrected chi connectivity index (χ2v) is 14.5. The first-order chi connectivity index (χ1) is 16.1. The van der Waals surface area contributed by atoms with E-state index in [1.807, 2.05) is 0 Å². The average molecular weight is 481 g/mol. The Kier molecular flexibility index (Phi) is 24.1. The number of unbranched alkanes of at least 4 members (excludes halogenated alkanes) is 18. The highest BCUT2D eigenvalue weighted by Crippen LogP contribution is 2.31. The SMILES string of the molecule is C=CC(=O)O[Si](CCCCCCCCC)(CCCCCCCCC)CCCCCCCCC. The smallest absolute Gasteiger partial charge is 0.316 e. The molecular weight excluding hydrogens is 420 g/mol. The molecule has 0 aliphatic carbocycles. The molecule has 0 rings (SSSR count). The topological polar surface area (TPSA) is 26.3 Å². The van der Waals surface area contributed by atoms with Gasteiger partial charge >= 0.3 is 5.97 Å². The first kappa shape index (κ1) is 32.4. The summed E-state index contributed by atoms with van der Waals surface area (Å²) in [5, 5.41) is 0. The van der Waals surface area contributed by atoms with Crippen molar-refractivity contribution in [3.63, 3.8) is 0 Å². The van der Waals surface area contributed by atoms with Crippen molar-refractivity contribution in [3.05, 3.63) is 12.7 Å². The summed E-state index contributed by atoms with van der Waals surface area (Å²) in [5.74, 6) is -0.157. The van der Waals surface area contributed by atoms with Crippen LogP contribution in [0.4, 0.5) is 0 Å². The maximum absolute atomic E-state index is 12.3. The van der Waals surface area contributed by atoms with Gasteiger partial charge in [0.2, 0.25) is 0 Å². The second kappa shape index (κ2) is 24.5. The summed E-state index contributed by atoms with van der Waals surface area (Å²) in [6.45, 7) is 10.5. The average Bonchev–Trinajstić information content (AvgIpc) is 2.82. The van der Waals surface area contributed by atoms with Gasteiger partial charge in [-0.25, -0.2) is 4.79 Å². The third-order valence-electron chi connectivity index (χ3n) is 7.19. The Morgan fingerprint density at radius 1 is 0.545 bits per heavy atom. The standard InChI is InChI=1S/C30H60O2Si/c1-5-9-12-15-18-21-24-27-33(32-30(31)8-4,28-25-22-19-16-13-10-6-2)29-26-23-20-17-14-11-7-3/h8H,4-7,9-29H2,1-3H3. The summed E-state index contributed by atoms with van der Waals surface area (Å²) in [6, 6.07) is 3.52. The molecule has 0 aromatic heterocycles. The van der Waals surface area contributed by atoms with Crippen LogP contribution < -0.4 is 0 Å². The second-order valence-electron chi connectivity index (χ2n) is 10.4. The maximum atomic E-state index is 12.3. The van der Waals surface area contributed by atoms with Crippen molar-refractivity contribution in [1.82, 2.24) is 0 Å². The summed E-state index contributed by atoms with van der Waals surface area (Å²) in [5.41, 5.74) is 0. The maximum Gasteiger partial charge on any atom is 0.316 e. The van der Waals surface area contributed by atoms with Gasteiger partial charge in [-0.15, -0.1) is 0 Å². The van der Waals surface area contributed by atoms with Crippen molar-refractivity contribution >= 4 is 14.3 Å². The van der Waals surface area contributed by atoms with Gasteiger partial charge in [0.25, 0.3) is 8.32 Å². The zero-order chi connectivity index (χ0) is 24.5. The summed E-state index contributed by atoms with van der Waals surface area (Å²) < 4.78 is 6.30. The van der Waals surface area contributed by atoms with Crippen molar-refractivity contribution in [2.24, 2.45) is 0 Å². The van der Waals surface area contributed by atoms with E-state index in [1.165, 1.54) is 159 Å². The van der Waals surface area contributed by atoms with Crippen LogP contribution in [0.5, 0.6) is 0 Å². The molecule has 0 saturated carbocycles. The molecule has 0 atom stereocenters. The van der Waals surface area contributed by atoms with E-state index in [-0.39, 0.29) is 5.97 Å². The minimum absolute atomic E-state index is 0.157. The van der Waals surface area contributed by atoms with Crippen LogP contribution >= 0.6 is 0 Å². The van der Waals surface area contributed by atoms with Gasteiger partial charge in [-0.3, -0.25) is 0 Å². The normalized spacial score (nSPS) is 11.6. The Morgan fingerprint density at radius 2 is 0.818 bits per heavy atom. The van der Waals surface area contributed by atoms with Crippen molar-refractivity contribution in [1.29, 1.82) is 0 Å². The van der Waals surface area contributed by atoms with Gasteiger partial charge in [0.15, 0.2) is 0 Å². The van der Waals surface area contributed by atoms with Crippen LogP contribution in [0.2, 0.25) is 18.1 Å². The molecule has 196 valence electrons. The molecule has 0 fully saturated rings. The fourth-order valence-electron chi connectivity index (χ4n) is 5.00. The molecule has 3 heteroatoms. The van der Waals surface area contributed by atoms with Gasteiger partial charge < -0.3 is 4.43 Å². The van der Waals surface area contributed by atoms with E-state index in [0.717, 1.165) is 0 Å². The fraction of sp³-hybridized carbons (Fsp3) is 0.900. The molecule has 0 unspecified atom stereocenters. The van der Waals surface area contributed by atoms with E-state index in [0.29, 0.717) is 0 Å². The molecule has 0 aromatic rings. The van der Waals surface area contributed by atoms with Crippen LogP contribution in [0.3, 0.4) is 0 Å². The quantitative estimate of drug-likeness (QED) is 0.0698. The predicted octanol–water partition coefficient (Wildman–Crippen LogP) is 10.9. The lowest BCUT2D eigenvalue weighted by atomic mass is 10.1. The van der Waals surface area contributed by atoms with Gasteiger partial charge in [0.1, 0.15) is 0 Å². The molecule has 0 bridgehead atoms. The van der Waals surface area contributed by atoms with E-state index >= 15 is 0 Å². The lowest BCUT2D eigenvalue weighted by Crippen LogP contribution is -2.40. The first-order valence-corrected chi connectivity index (χ1v) is 17.5. The minimum atomic E-state index is -2.03. The van der Waals surface area contributed by atoms with E-state index in [1.54, 1.807) is 0 Å². The van der Waals surface area contributed by atoms with E-state index in [2.05, 4.69) is 27.4 Å². The monoisotopic (exact) mass is 480 g/mol. The molecule has 0 radical (unpaired) electrons. The zero-order valence-electron chi connectivity index (χ0n) is 23.1. The largest absolute Gasteiger partial charge is 0.516 e. The highest BCUT2D eigenvalue weighted by Gasteiger charge is 2.36. The van der Waals surface area contributed by atoms with E-state index < -0.39 is 8.32 Å². The number of carbonyl (C=O) groups excluding carboxylic acids is 1. The van der Waals surface area contributed by atoms with Gasteiger partial charge in [-0.1, -0.05) is 162 Å². The molecule has 0 aliphatic rings. The van der Waals surface area contributed by atoms with Crippen LogP contribution in [-0.4, -0.2) is 14.3 Å². The van der Waals surface area contributed by atoms with Gasteiger partial charge in [0.05, 0.1) is 0 Å². The van der Waals surface area contributed by atoms with Gasteiger partial charge in [0, 0.05) is 6.08 Å². The van der Waals surface area contributed by atoms with Crippen LogP contribution in [0, 0.1) is 0 Å². The summed E-state index contributed by atoms with van der Waals surface area (Å²) in [6.07, 6.45) is 29.3. The van der Waals surface area contributed by atoms with Crippen LogP contribution in [0.15, 0.2) is 12.7 Å². The lowest BCUT2D eigenvalue weighted by molar-refractivity contribution is -0.129. The third kappa shape index (κ3) is 20.5. The molecule has 0 spiro atoms. The molecule has 33 heavy (non-hydrogen) atoms. The molecule has 2 nitrogen and oxygen atoms in total. The molecule has 0 aromatic carbocycles. The molecule has 0 amide bonds. The summed E-state index contributed by atoms with van der Waals surface area (Å²) in [4.78, 5) is 12.3. The molecule has 0 saturated heterocycles. The third-order valence-corrected chi connectivity index (χ3v) is 11.6. The Morgan fingerprint density at radius 3 is 1.09 bits per heavy atom. The zero-order valence-corrected chi connectivity index (χ0v) is 24.1. The van der Waals surface area contributed by atoms with Gasteiger partial charge in [-0.05, 0) is 18.1 Å². The molecule has 0 aliphatic heterocycles. The Labute approximate surface area is 209 Å². The predicted molar refractivity (Wildman–Crippen MR) is 150 cm³/mol. The van der Waals surface area contributed by atoms with Crippen LogP contribution in [0.1, 0.15) is 156 Å². The fourth-order valence-corrected chi connectivity index (χ4v) is 9.25. The highest BCUT2D eigenvalue weighted by atomic mass is 28.4. The van der Waals surface area contributed by atoms with Crippen molar-refractivity contribution in [2.45, 2.75) is 174 Å². The highest BCUT2D eigenvalue weighted by molar-refractivity contribution is 6.75. The van der Waals surface area contributed by atoms with Crippen molar-refractivity contribution in [3.8, 4) is 0 Å². The number of carbonyl (C=O) groups is 1. The van der Waals surface area contributed by atoms with E-state index in [9.17, 15) is 4.79 Å². The summed E-state index contributed by atoms with van der Waals surface area (Å²) in [7, 11) is -2.03. The number of rotatable bonds is 26. The Bertz CT molecular complexity index is 389. The van der Waals surface area contributed by atoms with Crippen molar-refractivity contribution in [2.75, 3.05) is 0 Å². The molecule has 0 N–H and O–H groups in total.